The van der Waals surface area contributed by atoms with Gasteiger partial charge < -0.3 is 10.0 Å². The van der Waals surface area contributed by atoms with Crippen molar-refractivity contribution in [3.05, 3.63) is 70.8 Å². The third kappa shape index (κ3) is 4.18. The number of carbonyl (C=O) groups is 4. The van der Waals surface area contributed by atoms with Gasteiger partial charge in [0.1, 0.15) is 0 Å². The second-order valence-corrected chi connectivity index (χ2v) is 7.18. The van der Waals surface area contributed by atoms with E-state index < -0.39 is 23.7 Å². The number of fused-ring (bicyclic) bond motifs is 1. The molecule has 0 bridgehead atoms. The van der Waals surface area contributed by atoms with Gasteiger partial charge in [-0.05, 0) is 30.2 Å². The molecule has 1 aliphatic heterocycles. The van der Waals surface area contributed by atoms with E-state index in [0.717, 1.165) is 5.56 Å². The summed E-state index contributed by atoms with van der Waals surface area (Å²) in [6.07, 6.45) is 0.550. The summed E-state index contributed by atoms with van der Waals surface area (Å²) in [5.74, 6) is -2.89. The van der Waals surface area contributed by atoms with Gasteiger partial charge in [-0.25, -0.2) is 0 Å². The lowest BCUT2D eigenvalue weighted by Gasteiger charge is -2.19. The normalized spacial score (nSPS) is 13.9. The summed E-state index contributed by atoms with van der Waals surface area (Å²) in [4.78, 5) is 51.5. The zero-order valence-electron chi connectivity index (χ0n) is 16.3. The minimum absolute atomic E-state index is 0.0430. The molecule has 1 heterocycles. The highest BCUT2D eigenvalue weighted by atomic mass is 16.4. The fraction of sp³-hybridized carbons (Fsp3) is 0.273. The van der Waals surface area contributed by atoms with Gasteiger partial charge in [0, 0.05) is 25.7 Å². The first-order chi connectivity index (χ1) is 13.8. The molecule has 0 spiro atoms. The Hall–Kier alpha value is -3.48. The van der Waals surface area contributed by atoms with Crippen molar-refractivity contribution in [3.8, 4) is 0 Å². The van der Waals surface area contributed by atoms with Crippen LogP contribution in [0.5, 0.6) is 0 Å². The van der Waals surface area contributed by atoms with E-state index in [1.54, 1.807) is 0 Å². The molecule has 3 rings (SSSR count). The lowest BCUT2D eigenvalue weighted by atomic mass is 10.0. The number of rotatable bonds is 7. The van der Waals surface area contributed by atoms with Crippen molar-refractivity contribution in [2.24, 2.45) is 5.92 Å². The average molecular weight is 394 g/mol. The largest absolute Gasteiger partial charge is 0.481 e. The summed E-state index contributed by atoms with van der Waals surface area (Å²) in [6.45, 7) is 1.82. The first kappa shape index (κ1) is 20.3. The third-order valence-corrected chi connectivity index (χ3v) is 5.00. The van der Waals surface area contributed by atoms with E-state index in [0.29, 0.717) is 6.42 Å². The summed E-state index contributed by atoms with van der Waals surface area (Å²) in [5.41, 5.74) is 1.75. The molecule has 1 unspecified atom stereocenters. The van der Waals surface area contributed by atoms with Crippen LogP contribution in [0.3, 0.4) is 0 Å². The van der Waals surface area contributed by atoms with Crippen LogP contribution in [-0.2, 0) is 11.2 Å². The van der Waals surface area contributed by atoms with Crippen LogP contribution < -0.4 is 0 Å². The minimum Gasteiger partial charge on any atom is -0.481 e. The second kappa shape index (κ2) is 8.26. The fourth-order valence-electron chi connectivity index (χ4n) is 3.30. The molecule has 0 aliphatic carbocycles. The number of nitrogens with zero attached hydrogens (tertiary/aromatic N) is 2. The Labute approximate surface area is 168 Å². The van der Waals surface area contributed by atoms with E-state index in [-0.39, 0.29) is 35.7 Å². The molecule has 29 heavy (non-hydrogen) atoms. The lowest BCUT2D eigenvalue weighted by Crippen LogP contribution is -2.33. The molecule has 0 aromatic heterocycles. The highest BCUT2D eigenvalue weighted by Gasteiger charge is 2.36. The van der Waals surface area contributed by atoms with Gasteiger partial charge in [0.15, 0.2) is 0 Å². The van der Waals surface area contributed by atoms with Gasteiger partial charge in [-0.1, -0.05) is 37.3 Å². The number of aliphatic carboxylic acids is 1. The molecule has 1 aliphatic rings. The number of hydrogen-bond donors (Lipinski definition) is 1. The Morgan fingerprint density at radius 1 is 1.03 bits per heavy atom. The predicted molar refractivity (Wildman–Crippen MR) is 106 cm³/mol. The molecule has 1 N–H and O–H groups in total. The smallest absolute Gasteiger partial charge is 0.308 e. The molecule has 7 heteroatoms. The van der Waals surface area contributed by atoms with Crippen LogP contribution in [0.4, 0.5) is 0 Å². The van der Waals surface area contributed by atoms with Gasteiger partial charge in [0.25, 0.3) is 17.7 Å². The zero-order chi connectivity index (χ0) is 21.1. The van der Waals surface area contributed by atoms with E-state index in [9.17, 15) is 19.2 Å². The first-order valence-electron chi connectivity index (χ1n) is 9.32. The maximum atomic E-state index is 12.7. The van der Waals surface area contributed by atoms with Crippen LogP contribution >= 0.6 is 0 Å². The number of carbonyl (C=O) groups excluding carboxylic acids is 3. The number of imide groups is 1. The van der Waals surface area contributed by atoms with Gasteiger partial charge >= 0.3 is 5.97 Å². The Balaban J connectivity index is 1.74. The van der Waals surface area contributed by atoms with E-state index in [2.05, 4.69) is 0 Å². The van der Waals surface area contributed by atoms with Gasteiger partial charge in [-0.3, -0.25) is 24.1 Å². The highest BCUT2D eigenvalue weighted by Crippen LogP contribution is 2.25. The molecule has 3 amide bonds. The third-order valence-electron chi connectivity index (χ3n) is 5.00. The van der Waals surface area contributed by atoms with Crippen molar-refractivity contribution in [3.63, 3.8) is 0 Å². The van der Waals surface area contributed by atoms with Crippen LogP contribution in [0.15, 0.2) is 48.5 Å². The molecule has 1 atom stereocenters. The van der Waals surface area contributed by atoms with Crippen molar-refractivity contribution in [2.45, 2.75) is 13.3 Å². The van der Waals surface area contributed by atoms with Gasteiger partial charge in [-0.2, -0.15) is 0 Å². The second-order valence-electron chi connectivity index (χ2n) is 7.18. The van der Waals surface area contributed by atoms with Crippen LogP contribution in [0, 0.1) is 5.92 Å². The minimum atomic E-state index is -0.992. The van der Waals surface area contributed by atoms with Gasteiger partial charge in [0.05, 0.1) is 17.0 Å². The van der Waals surface area contributed by atoms with E-state index >= 15 is 0 Å². The van der Waals surface area contributed by atoms with Crippen LogP contribution in [-0.4, -0.2) is 58.7 Å². The first-order valence-corrected chi connectivity index (χ1v) is 9.32. The summed E-state index contributed by atoms with van der Waals surface area (Å²) in [6, 6.07) is 14.0. The monoisotopic (exact) mass is 394 g/mol. The van der Waals surface area contributed by atoms with Crippen molar-refractivity contribution < 1.29 is 24.3 Å². The highest BCUT2D eigenvalue weighted by molar-refractivity contribution is 6.22. The summed E-state index contributed by atoms with van der Waals surface area (Å²) in [5, 5.41) is 9.01. The predicted octanol–water partition coefficient (Wildman–Crippen LogP) is 2.32. The Bertz CT molecular complexity index is 970. The van der Waals surface area contributed by atoms with Crippen molar-refractivity contribution in [1.29, 1.82) is 0 Å². The Morgan fingerprint density at radius 2 is 1.69 bits per heavy atom. The number of amides is 3. The van der Waals surface area contributed by atoms with Crippen molar-refractivity contribution in [1.82, 2.24) is 9.80 Å². The van der Waals surface area contributed by atoms with Crippen molar-refractivity contribution in [2.75, 3.05) is 20.1 Å². The summed E-state index contributed by atoms with van der Waals surface area (Å²) >= 11 is 0. The average Bonchev–Trinajstić information content (AvgIpc) is 2.96. The summed E-state index contributed by atoms with van der Waals surface area (Å²) < 4.78 is 0. The quantitative estimate of drug-likeness (QED) is 0.727. The standard InChI is InChI=1S/C22H22N2O5/c1-14(22(28)29)13-23(2)19(25)16-8-9-17-18(12-16)21(27)24(20(17)26)11-10-15-6-4-3-5-7-15/h3-9,12,14H,10-11,13H2,1-2H3,(H,28,29). The summed E-state index contributed by atoms with van der Waals surface area (Å²) in [7, 11) is 1.51. The molecule has 0 fully saturated rings. The number of benzene rings is 2. The molecular formula is C22H22N2O5. The molecular weight excluding hydrogens is 372 g/mol. The molecule has 0 radical (unpaired) electrons. The molecule has 0 saturated carbocycles. The number of carboxylic acid groups (broad SMARTS) is 1. The molecule has 0 saturated heterocycles. The Kier molecular flexibility index (Phi) is 5.77. The fourth-order valence-corrected chi connectivity index (χ4v) is 3.30. The zero-order valence-corrected chi connectivity index (χ0v) is 16.3. The van der Waals surface area contributed by atoms with Gasteiger partial charge in [-0.15, -0.1) is 0 Å². The molecule has 150 valence electrons. The maximum Gasteiger partial charge on any atom is 0.308 e. The lowest BCUT2D eigenvalue weighted by molar-refractivity contribution is -0.141. The van der Waals surface area contributed by atoms with Gasteiger partial charge in [0.2, 0.25) is 0 Å². The van der Waals surface area contributed by atoms with Crippen LogP contribution in [0.25, 0.3) is 0 Å². The molecule has 2 aromatic rings. The maximum absolute atomic E-state index is 12.7. The Morgan fingerprint density at radius 3 is 2.34 bits per heavy atom. The van der Waals surface area contributed by atoms with Crippen molar-refractivity contribution >= 4 is 23.7 Å². The van der Waals surface area contributed by atoms with E-state index in [1.807, 2.05) is 30.3 Å². The van der Waals surface area contributed by atoms with Crippen LogP contribution in [0.1, 0.15) is 43.6 Å². The number of hydrogen-bond acceptors (Lipinski definition) is 4. The molecule has 7 nitrogen and oxygen atoms in total. The SMILES string of the molecule is CC(CN(C)C(=O)c1ccc2c(c1)C(=O)N(CCc1ccccc1)C2=O)C(=O)O. The number of carboxylic acids is 1. The molecule has 2 aromatic carbocycles. The van der Waals surface area contributed by atoms with Crippen LogP contribution in [0.2, 0.25) is 0 Å². The topological polar surface area (TPSA) is 95.0 Å². The van der Waals surface area contributed by atoms with E-state index in [4.69, 9.17) is 5.11 Å². The van der Waals surface area contributed by atoms with E-state index in [1.165, 1.54) is 42.0 Å².